The number of piperidine rings is 1. The van der Waals surface area contributed by atoms with Crippen LogP contribution >= 0.6 is 0 Å². The van der Waals surface area contributed by atoms with Crippen LogP contribution in [0, 0.1) is 0 Å². The van der Waals surface area contributed by atoms with Crippen molar-refractivity contribution in [1.82, 2.24) is 20.0 Å². The normalized spacial score (nSPS) is 26.8. The van der Waals surface area contributed by atoms with Crippen molar-refractivity contribution in [3.8, 4) is 5.88 Å². The number of amides is 1. The van der Waals surface area contributed by atoms with Crippen molar-refractivity contribution in [2.24, 2.45) is 0 Å². The number of likely N-dealkylation sites (tertiary alicyclic amines) is 1. The average molecular weight is 480 g/mol. The van der Waals surface area contributed by atoms with Gasteiger partial charge in [-0.3, -0.25) is 14.8 Å². The van der Waals surface area contributed by atoms with Crippen LogP contribution in [-0.2, 0) is 20.4 Å². The van der Waals surface area contributed by atoms with Crippen LogP contribution in [0.15, 0.2) is 30.3 Å². The number of aromatic nitrogens is 2. The number of rotatable bonds is 6. The lowest BCUT2D eigenvalue weighted by Crippen LogP contribution is -2.58. The fourth-order valence-corrected chi connectivity index (χ4v) is 5.00. The van der Waals surface area contributed by atoms with Gasteiger partial charge in [-0.15, -0.1) is 5.10 Å². The fraction of sp³-hybridized carbons (Fsp3) is 0.565. The summed E-state index contributed by atoms with van der Waals surface area (Å²) in [6, 6.07) is 7.09. The molecule has 11 heteroatoms. The highest BCUT2D eigenvalue weighted by Crippen LogP contribution is 2.41. The third kappa shape index (κ3) is 4.77. The molecule has 2 aromatic rings. The standard InChI is InChI=1S/C23H27F3N4O4/c24-23(25,26)17-3-1-15(2-4-17)16-9-19(20-10-21(28-27-20)34-18-12-33-13-18)22(30(11-16)14-31)29-5-7-32-8-6-29/h1-4,10,14,16,18-19,22H,5-9,11-13H2,(H,27,28). The Hall–Kier alpha value is -2.63. The highest BCUT2D eigenvalue weighted by molar-refractivity contribution is 5.49. The molecule has 34 heavy (non-hydrogen) atoms. The third-order valence-electron chi connectivity index (χ3n) is 6.80. The van der Waals surface area contributed by atoms with Gasteiger partial charge >= 0.3 is 6.18 Å². The van der Waals surface area contributed by atoms with Crippen LogP contribution in [0.1, 0.15) is 35.1 Å². The number of hydrogen-bond donors (Lipinski definition) is 1. The Morgan fingerprint density at radius 3 is 2.47 bits per heavy atom. The Bertz CT molecular complexity index is 973. The second-order valence-corrected chi connectivity index (χ2v) is 8.96. The van der Waals surface area contributed by atoms with E-state index in [4.69, 9.17) is 14.2 Å². The summed E-state index contributed by atoms with van der Waals surface area (Å²) in [5.41, 5.74) is 0.917. The third-order valence-corrected chi connectivity index (χ3v) is 6.80. The van der Waals surface area contributed by atoms with Crippen molar-refractivity contribution < 1.29 is 32.2 Å². The molecule has 3 aliphatic rings. The molecule has 3 aliphatic heterocycles. The zero-order chi connectivity index (χ0) is 23.7. The average Bonchev–Trinajstić information content (AvgIpc) is 3.29. The number of alkyl halides is 3. The molecule has 5 rings (SSSR count). The quantitative estimate of drug-likeness (QED) is 0.641. The zero-order valence-corrected chi connectivity index (χ0v) is 18.5. The summed E-state index contributed by atoms with van der Waals surface area (Å²) in [4.78, 5) is 16.2. The molecule has 3 saturated heterocycles. The lowest BCUT2D eigenvalue weighted by Gasteiger charge is -2.48. The lowest BCUT2D eigenvalue weighted by atomic mass is 9.80. The van der Waals surface area contributed by atoms with Gasteiger partial charge in [0, 0.05) is 43.2 Å². The van der Waals surface area contributed by atoms with Crippen LogP contribution < -0.4 is 4.74 Å². The topological polar surface area (TPSA) is 79.9 Å². The maximum Gasteiger partial charge on any atom is 0.416 e. The molecule has 0 aliphatic carbocycles. The Morgan fingerprint density at radius 1 is 1.12 bits per heavy atom. The Kier molecular flexibility index (Phi) is 6.50. The molecule has 0 spiro atoms. The second kappa shape index (κ2) is 9.55. The minimum absolute atomic E-state index is 0.0242. The van der Waals surface area contributed by atoms with Crippen LogP contribution in [0.5, 0.6) is 5.88 Å². The SMILES string of the molecule is O=CN1CC(c2ccc(C(F)(F)F)cc2)CC(c2cc(OC3COC3)n[nH]2)C1N1CCOCC1. The van der Waals surface area contributed by atoms with Crippen molar-refractivity contribution in [3.05, 3.63) is 47.2 Å². The molecule has 0 bridgehead atoms. The number of nitrogens with one attached hydrogen (secondary N) is 1. The number of nitrogens with zero attached hydrogens (tertiary/aromatic N) is 3. The second-order valence-electron chi connectivity index (χ2n) is 8.96. The molecule has 3 atom stereocenters. The van der Waals surface area contributed by atoms with Gasteiger partial charge in [0.05, 0.1) is 38.2 Å². The Morgan fingerprint density at radius 2 is 1.85 bits per heavy atom. The van der Waals surface area contributed by atoms with Crippen molar-refractivity contribution in [1.29, 1.82) is 0 Å². The summed E-state index contributed by atoms with van der Waals surface area (Å²) in [7, 11) is 0. The van der Waals surface area contributed by atoms with Crippen LogP contribution in [0.3, 0.4) is 0 Å². The molecule has 8 nitrogen and oxygen atoms in total. The minimum atomic E-state index is -4.39. The van der Waals surface area contributed by atoms with E-state index in [1.165, 1.54) is 12.1 Å². The number of benzene rings is 1. The van der Waals surface area contributed by atoms with Gasteiger partial charge in [0.25, 0.3) is 0 Å². The number of carbonyl (C=O) groups excluding carboxylic acids is 1. The first-order valence-electron chi connectivity index (χ1n) is 11.4. The highest BCUT2D eigenvalue weighted by Gasteiger charge is 2.42. The van der Waals surface area contributed by atoms with Gasteiger partial charge in [-0.2, -0.15) is 13.2 Å². The number of hydrogen-bond acceptors (Lipinski definition) is 6. The first-order valence-corrected chi connectivity index (χ1v) is 11.4. The van der Waals surface area contributed by atoms with E-state index in [1.807, 2.05) is 6.07 Å². The van der Waals surface area contributed by atoms with Gasteiger partial charge in [-0.05, 0) is 24.1 Å². The smallest absolute Gasteiger partial charge is 0.416 e. The Labute approximate surface area is 194 Å². The molecular formula is C23H27F3N4O4. The van der Waals surface area contributed by atoms with Gasteiger partial charge < -0.3 is 19.1 Å². The van der Waals surface area contributed by atoms with E-state index >= 15 is 0 Å². The monoisotopic (exact) mass is 480 g/mol. The summed E-state index contributed by atoms with van der Waals surface area (Å²) in [5.74, 6) is 0.215. The number of H-pyrrole nitrogens is 1. The molecule has 1 aromatic carbocycles. The van der Waals surface area contributed by atoms with E-state index in [2.05, 4.69) is 15.1 Å². The summed E-state index contributed by atoms with van der Waals surface area (Å²) in [6.07, 6.45) is -3.15. The van der Waals surface area contributed by atoms with Crippen molar-refractivity contribution >= 4 is 6.41 Å². The molecule has 1 amide bonds. The number of halogens is 3. The van der Waals surface area contributed by atoms with E-state index < -0.39 is 11.7 Å². The van der Waals surface area contributed by atoms with Crippen LogP contribution in [0.2, 0.25) is 0 Å². The highest BCUT2D eigenvalue weighted by atomic mass is 19.4. The van der Waals surface area contributed by atoms with Gasteiger partial charge in [0.1, 0.15) is 6.10 Å². The summed E-state index contributed by atoms with van der Waals surface area (Å²) in [6.45, 7) is 4.01. The van der Waals surface area contributed by atoms with Crippen molar-refractivity contribution in [2.45, 2.75) is 36.7 Å². The van der Waals surface area contributed by atoms with Crippen LogP contribution in [0.25, 0.3) is 0 Å². The fourth-order valence-electron chi connectivity index (χ4n) is 5.00. The van der Waals surface area contributed by atoms with E-state index in [0.717, 1.165) is 29.8 Å². The Balaban J connectivity index is 1.43. The molecule has 4 heterocycles. The van der Waals surface area contributed by atoms with Crippen molar-refractivity contribution in [2.75, 3.05) is 46.1 Å². The number of carbonyl (C=O) groups is 1. The molecule has 1 aromatic heterocycles. The predicted octanol–water partition coefficient (Wildman–Crippen LogP) is 2.59. The number of morpholine rings is 1. The zero-order valence-electron chi connectivity index (χ0n) is 18.5. The van der Waals surface area contributed by atoms with E-state index in [-0.39, 0.29) is 24.1 Å². The minimum Gasteiger partial charge on any atom is -0.468 e. The maximum atomic E-state index is 13.0. The van der Waals surface area contributed by atoms with Crippen molar-refractivity contribution in [3.63, 3.8) is 0 Å². The van der Waals surface area contributed by atoms with Crippen LogP contribution in [-0.4, -0.2) is 84.7 Å². The molecular weight excluding hydrogens is 453 g/mol. The molecule has 0 radical (unpaired) electrons. The molecule has 3 unspecified atom stereocenters. The largest absolute Gasteiger partial charge is 0.468 e. The summed E-state index contributed by atoms with van der Waals surface area (Å²) < 4.78 is 55.6. The summed E-state index contributed by atoms with van der Waals surface area (Å²) in [5, 5.41) is 7.38. The van der Waals surface area contributed by atoms with E-state index in [9.17, 15) is 18.0 Å². The molecule has 184 valence electrons. The van der Waals surface area contributed by atoms with Crippen LogP contribution in [0.4, 0.5) is 13.2 Å². The van der Waals surface area contributed by atoms with Gasteiger partial charge in [0.15, 0.2) is 0 Å². The van der Waals surface area contributed by atoms with Gasteiger partial charge in [-0.25, -0.2) is 0 Å². The number of ether oxygens (including phenoxy) is 3. The maximum absolute atomic E-state index is 13.0. The first-order chi connectivity index (χ1) is 16.4. The van der Waals surface area contributed by atoms with Gasteiger partial charge in [-0.1, -0.05) is 12.1 Å². The molecule has 0 saturated carbocycles. The summed E-state index contributed by atoms with van der Waals surface area (Å²) >= 11 is 0. The predicted molar refractivity (Wildman–Crippen MR) is 114 cm³/mol. The van der Waals surface area contributed by atoms with E-state index in [0.29, 0.717) is 58.4 Å². The lowest BCUT2D eigenvalue weighted by molar-refractivity contribution is -0.137. The number of aromatic amines is 1. The first kappa shape index (κ1) is 23.1. The van der Waals surface area contributed by atoms with E-state index in [1.54, 1.807) is 4.90 Å². The van der Waals surface area contributed by atoms with Gasteiger partial charge in [0.2, 0.25) is 12.3 Å². The molecule has 1 N–H and O–H groups in total. The molecule has 3 fully saturated rings.